The van der Waals surface area contributed by atoms with Gasteiger partial charge in [0.25, 0.3) is 0 Å². The highest BCUT2D eigenvalue weighted by Crippen LogP contribution is 2.42. The maximum atomic E-state index is 6.16. The van der Waals surface area contributed by atoms with Gasteiger partial charge in [0.05, 0.1) is 6.61 Å². The van der Waals surface area contributed by atoms with Crippen molar-refractivity contribution in [3.05, 3.63) is 24.3 Å². The van der Waals surface area contributed by atoms with Crippen LogP contribution >= 0.6 is 0 Å². The van der Waals surface area contributed by atoms with E-state index in [1.54, 1.807) is 0 Å². The largest absolute Gasteiger partial charge is 0.490 e. The van der Waals surface area contributed by atoms with Crippen LogP contribution in [-0.2, 0) is 0 Å². The van der Waals surface area contributed by atoms with Crippen LogP contribution in [0, 0.1) is 0 Å². The molecule has 0 saturated heterocycles. The topological polar surface area (TPSA) is 30.5 Å². The smallest absolute Gasteiger partial charge is 0.162 e. The molecule has 1 saturated carbocycles. The van der Waals surface area contributed by atoms with Crippen LogP contribution in [-0.4, -0.2) is 25.3 Å². The summed E-state index contributed by atoms with van der Waals surface area (Å²) < 4.78 is 11.7. The van der Waals surface area contributed by atoms with Gasteiger partial charge in [0.15, 0.2) is 11.5 Å². The Balaban J connectivity index is 1.96. The lowest BCUT2D eigenvalue weighted by Gasteiger charge is -2.20. The highest BCUT2D eigenvalue weighted by atomic mass is 16.5. The number of hydrogen-bond donors (Lipinski definition) is 1. The first kappa shape index (κ1) is 13.2. The van der Waals surface area contributed by atoms with Crippen molar-refractivity contribution in [2.24, 2.45) is 0 Å². The molecule has 1 aliphatic rings. The molecule has 0 amide bonds. The van der Waals surface area contributed by atoms with E-state index in [1.807, 2.05) is 31.2 Å². The fourth-order valence-electron chi connectivity index (χ4n) is 1.99. The van der Waals surface area contributed by atoms with E-state index in [-0.39, 0.29) is 5.60 Å². The van der Waals surface area contributed by atoms with Gasteiger partial charge in [-0.25, -0.2) is 0 Å². The molecule has 0 heterocycles. The summed E-state index contributed by atoms with van der Waals surface area (Å²) in [5, 5.41) is 3.44. The van der Waals surface area contributed by atoms with E-state index in [0.717, 1.165) is 43.9 Å². The zero-order chi connectivity index (χ0) is 12.8. The predicted molar refractivity (Wildman–Crippen MR) is 73.4 cm³/mol. The van der Waals surface area contributed by atoms with Gasteiger partial charge in [0, 0.05) is 6.54 Å². The molecule has 1 fully saturated rings. The van der Waals surface area contributed by atoms with Crippen molar-refractivity contribution in [3.8, 4) is 11.5 Å². The molecule has 2 rings (SSSR count). The van der Waals surface area contributed by atoms with Crippen LogP contribution in [0.15, 0.2) is 24.3 Å². The molecule has 3 nitrogen and oxygen atoms in total. The second kappa shape index (κ2) is 6.10. The van der Waals surface area contributed by atoms with Crippen molar-refractivity contribution in [1.82, 2.24) is 5.32 Å². The molecule has 1 aliphatic carbocycles. The van der Waals surface area contributed by atoms with Crippen molar-refractivity contribution in [3.63, 3.8) is 0 Å². The Morgan fingerprint density at radius 1 is 1.17 bits per heavy atom. The quantitative estimate of drug-likeness (QED) is 0.718. The molecule has 0 spiro atoms. The van der Waals surface area contributed by atoms with Crippen LogP contribution in [0.1, 0.15) is 33.1 Å². The van der Waals surface area contributed by atoms with Crippen LogP contribution in [0.5, 0.6) is 11.5 Å². The second-order valence-corrected chi connectivity index (χ2v) is 4.84. The Morgan fingerprint density at radius 2 is 1.89 bits per heavy atom. The molecule has 0 aliphatic heterocycles. The SMILES string of the molecule is CCCNCC1(Oc2ccccc2OCC)CC1. The minimum Gasteiger partial charge on any atom is -0.490 e. The summed E-state index contributed by atoms with van der Waals surface area (Å²) in [6.07, 6.45) is 3.42. The lowest BCUT2D eigenvalue weighted by atomic mass is 10.3. The molecule has 1 N–H and O–H groups in total. The third-order valence-electron chi connectivity index (χ3n) is 3.16. The molecule has 3 heteroatoms. The first-order valence-electron chi connectivity index (χ1n) is 6.91. The molecule has 0 bridgehead atoms. The van der Waals surface area contributed by atoms with Crippen molar-refractivity contribution >= 4 is 0 Å². The Labute approximate surface area is 109 Å². The van der Waals surface area contributed by atoms with E-state index in [9.17, 15) is 0 Å². The lowest BCUT2D eigenvalue weighted by molar-refractivity contribution is 0.166. The molecule has 0 aromatic heterocycles. The van der Waals surface area contributed by atoms with E-state index < -0.39 is 0 Å². The molecule has 18 heavy (non-hydrogen) atoms. The Kier molecular flexibility index (Phi) is 4.48. The van der Waals surface area contributed by atoms with Crippen molar-refractivity contribution in [2.45, 2.75) is 38.7 Å². The van der Waals surface area contributed by atoms with E-state index in [0.29, 0.717) is 6.61 Å². The van der Waals surface area contributed by atoms with E-state index in [1.165, 1.54) is 0 Å². The molecule has 1 aromatic rings. The second-order valence-electron chi connectivity index (χ2n) is 4.84. The first-order valence-corrected chi connectivity index (χ1v) is 6.91. The van der Waals surface area contributed by atoms with Gasteiger partial charge in [-0.05, 0) is 44.9 Å². The summed E-state index contributed by atoms with van der Waals surface area (Å²) in [7, 11) is 0. The first-order chi connectivity index (χ1) is 8.79. The standard InChI is InChI=1S/C15H23NO2/c1-3-11-16-12-15(9-10-15)18-14-8-6-5-7-13(14)17-4-2/h5-8,16H,3-4,9-12H2,1-2H3. The maximum Gasteiger partial charge on any atom is 0.162 e. The zero-order valence-electron chi connectivity index (χ0n) is 11.4. The summed E-state index contributed by atoms with van der Waals surface area (Å²) in [6.45, 7) is 6.82. The fraction of sp³-hybridized carbons (Fsp3) is 0.600. The van der Waals surface area contributed by atoms with Crippen molar-refractivity contribution in [2.75, 3.05) is 19.7 Å². The van der Waals surface area contributed by atoms with Gasteiger partial charge < -0.3 is 14.8 Å². The molecule has 0 atom stereocenters. The number of ether oxygens (including phenoxy) is 2. The van der Waals surface area contributed by atoms with E-state index in [2.05, 4.69) is 12.2 Å². The minimum absolute atomic E-state index is 0.00236. The van der Waals surface area contributed by atoms with Gasteiger partial charge in [0.1, 0.15) is 5.60 Å². The molecule has 1 aromatic carbocycles. The number of para-hydroxylation sites is 2. The number of nitrogens with one attached hydrogen (secondary N) is 1. The van der Waals surface area contributed by atoms with E-state index >= 15 is 0 Å². The minimum atomic E-state index is 0.00236. The zero-order valence-corrected chi connectivity index (χ0v) is 11.4. The van der Waals surface area contributed by atoms with Gasteiger partial charge in [0.2, 0.25) is 0 Å². The van der Waals surface area contributed by atoms with Gasteiger partial charge in [-0.3, -0.25) is 0 Å². The summed E-state index contributed by atoms with van der Waals surface area (Å²) in [5.74, 6) is 1.72. The number of rotatable bonds is 8. The average molecular weight is 249 g/mol. The van der Waals surface area contributed by atoms with E-state index in [4.69, 9.17) is 9.47 Å². The lowest BCUT2D eigenvalue weighted by Crippen LogP contribution is -2.33. The molecular weight excluding hydrogens is 226 g/mol. The van der Waals surface area contributed by atoms with Gasteiger partial charge in [-0.1, -0.05) is 19.1 Å². The number of hydrogen-bond acceptors (Lipinski definition) is 3. The van der Waals surface area contributed by atoms with Gasteiger partial charge in [-0.15, -0.1) is 0 Å². The highest BCUT2D eigenvalue weighted by Gasteiger charge is 2.45. The van der Waals surface area contributed by atoms with Crippen LogP contribution in [0.25, 0.3) is 0 Å². The van der Waals surface area contributed by atoms with Gasteiger partial charge in [-0.2, -0.15) is 0 Å². The van der Waals surface area contributed by atoms with Crippen molar-refractivity contribution < 1.29 is 9.47 Å². The third kappa shape index (κ3) is 3.39. The normalized spacial score (nSPS) is 16.3. The Morgan fingerprint density at radius 3 is 2.50 bits per heavy atom. The van der Waals surface area contributed by atoms with Crippen LogP contribution < -0.4 is 14.8 Å². The molecule has 0 radical (unpaired) electrons. The summed E-state index contributed by atoms with van der Waals surface area (Å²) in [6, 6.07) is 7.93. The maximum absolute atomic E-state index is 6.16. The van der Waals surface area contributed by atoms with Crippen LogP contribution in [0.2, 0.25) is 0 Å². The molecular formula is C15H23NO2. The van der Waals surface area contributed by atoms with Crippen molar-refractivity contribution in [1.29, 1.82) is 0 Å². The number of benzene rings is 1. The monoisotopic (exact) mass is 249 g/mol. The predicted octanol–water partition coefficient (Wildman–Crippen LogP) is 3.00. The fourth-order valence-corrected chi connectivity index (χ4v) is 1.99. The van der Waals surface area contributed by atoms with Crippen LogP contribution in [0.4, 0.5) is 0 Å². The summed E-state index contributed by atoms with van der Waals surface area (Å²) in [4.78, 5) is 0. The third-order valence-corrected chi connectivity index (χ3v) is 3.16. The Bertz CT molecular complexity index is 375. The molecule has 100 valence electrons. The summed E-state index contributed by atoms with van der Waals surface area (Å²) in [5.41, 5.74) is 0.00236. The highest BCUT2D eigenvalue weighted by molar-refractivity contribution is 5.40. The van der Waals surface area contributed by atoms with Crippen LogP contribution in [0.3, 0.4) is 0 Å². The van der Waals surface area contributed by atoms with Gasteiger partial charge >= 0.3 is 0 Å². The Hall–Kier alpha value is -1.22. The molecule has 0 unspecified atom stereocenters. The average Bonchev–Trinajstić information content (AvgIpc) is 3.13. The summed E-state index contributed by atoms with van der Waals surface area (Å²) >= 11 is 0.